The Bertz CT molecular complexity index is 992. The van der Waals surface area contributed by atoms with E-state index in [1.807, 2.05) is 97.9 Å². The third-order valence-electron chi connectivity index (χ3n) is 5.11. The lowest BCUT2D eigenvalue weighted by molar-refractivity contribution is 0.308. The van der Waals surface area contributed by atoms with Gasteiger partial charge in [-0.25, -0.2) is 0 Å². The van der Waals surface area contributed by atoms with E-state index in [4.69, 9.17) is 16.1 Å². The smallest absolute Gasteiger partial charge is 0.258 e. The minimum Gasteiger partial charge on any atom is -0.378 e. The summed E-state index contributed by atoms with van der Waals surface area (Å²) in [5, 5.41) is 4.81. The van der Waals surface area contributed by atoms with Crippen LogP contribution in [-0.2, 0) is 9.09 Å². The number of para-hydroxylation sites is 1. The van der Waals surface area contributed by atoms with E-state index in [0.29, 0.717) is 16.9 Å². The Balaban J connectivity index is 2.08. The van der Waals surface area contributed by atoms with Gasteiger partial charge in [-0.1, -0.05) is 55.3 Å². The van der Waals surface area contributed by atoms with Crippen molar-refractivity contribution in [1.82, 2.24) is 0 Å². The Morgan fingerprint density at radius 3 is 2.19 bits per heavy atom. The third-order valence-corrected chi connectivity index (χ3v) is 8.05. The lowest BCUT2D eigenvalue weighted by Crippen LogP contribution is -2.21. The van der Waals surface area contributed by atoms with Crippen LogP contribution in [0.5, 0.6) is 0 Å². The molecule has 3 aromatic rings. The number of benzene rings is 3. The number of anilines is 2. The molecule has 6 heteroatoms. The molecule has 3 rings (SSSR count). The number of hydrogen-bond donors (Lipinski definition) is 1. The summed E-state index contributed by atoms with van der Waals surface area (Å²) in [5.74, 6) is -0.547. The van der Waals surface area contributed by atoms with E-state index >= 15 is 0 Å². The van der Waals surface area contributed by atoms with Gasteiger partial charge < -0.3 is 14.7 Å². The first-order chi connectivity index (χ1) is 14.9. The molecule has 31 heavy (non-hydrogen) atoms. The van der Waals surface area contributed by atoms with E-state index in [2.05, 4.69) is 12.2 Å². The van der Waals surface area contributed by atoms with Crippen molar-refractivity contribution in [1.29, 1.82) is 0 Å². The van der Waals surface area contributed by atoms with Crippen molar-refractivity contribution in [3.63, 3.8) is 0 Å². The van der Waals surface area contributed by atoms with E-state index in [1.165, 1.54) is 0 Å². The molecule has 0 saturated heterocycles. The maximum Gasteiger partial charge on any atom is 0.258 e. The molecule has 0 aromatic heterocycles. The van der Waals surface area contributed by atoms with Gasteiger partial charge in [0.2, 0.25) is 0 Å². The highest BCUT2D eigenvalue weighted by atomic mass is 35.5. The van der Waals surface area contributed by atoms with Crippen molar-refractivity contribution in [2.24, 2.45) is 0 Å². The molecule has 3 aromatic carbocycles. The first-order valence-electron chi connectivity index (χ1n) is 10.5. The van der Waals surface area contributed by atoms with Crippen LogP contribution in [0.4, 0.5) is 11.4 Å². The largest absolute Gasteiger partial charge is 0.378 e. The number of unbranched alkanes of at least 4 members (excludes halogenated alkanes) is 1. The summed E-state index contributed by atoms with van der Waals surface area (Å²) in [4.78, 5) is 2.02. The lowest BCUT2D eigenvalue weighted by atomic mass is 10.2. The molecule has 4 nitrogen and oxygen atoms in total. The topological polar surface area (TPSA) is 41.6 Å². The van der Waals surface area contributed by atoms with Gasteiger partial charge in [0.15, 0.2) is 0 Å². The van der Waals surface area contributed by atoms with Crippen LogP contribution < -0.4 is 15.5 Å². The molecule has 0 fully saturated rings. The first kappa shape index (κ1) is 23.4. The zero-order valence-electron chi connectivity index (χ0n) is 18.3. The molecule has 0 heterocycles. The second-order valence-corrected chi connectivity index (χ2v) is 10.6. The second-order valence-electron chi connectivity index (χ2n) is 7.66. The van der Waals surface area contributed by atoms with Crippen LogP contribution in [0.15, 0.2) is 78.9 Å². The van der Waals surface area contributed by atoms with Gasteiger partial charge in [0.05, 0.1) is 6.61 Å². The van der Waals surface area contributed by atoms with E-state index in [9.17, 15) is 4.57 Å². The van der Waals surface area contributed by atoms with Crippen molar-refractivity contribution in [2.45, 2.75) is 25.5 Å². The summed E-state index contributed by atoms with van der Waals surface area (Å²) in [5.41, 5.74) is 2.79. The van der Waals surface area contributed by atoms with Gasteiger partial charge in [-0.15, -0.1) is 0 Å². The molecule has 2 atom stereocenters. The average Bonchev–Trinajstić information content (AvgIpc) is 2.79. The summed E-state index contributed by atoms with van der Waals surface area (Å²) in [7, 11) is 0.635. The molecule has 0 bridgehead atoms. The van der Waals surface area contributed by atoms with Gasteiger partial charge in [-0.2, -0.15) is 0 Å². The van der Waals surface area contributed by atoms with Crippen LogP contribution in [0, 0.1) is 0 Å². The van der Waals surface area contributed by atoms with Crippen LogP contribution in [0.3, 0.4) is 0 Å². The molecule has 0 radical (unpaired) electrons. The summed E-state index contributed by atoms with van der Waals surface area (Å²) in [6.45, 7) is 2.53. The van der Waals surface area contributed by atoms with Crippen LogP contribution in [0.25, 0.3) is 0 Å². The molecule has 164 valence electrons. The second kappa shape index (κ2) is 10.9. The molecule has 0 saturated carbocycles. The van der Waals surface area contributed by atoms with E-state index in [1.54, 1.807) is 0 Å². The van der Waals surface area contributed by atoms with Gasteiger partial charge in [-0.3, -0.25) is 4.57 Å². The maximum absolute atomic E-state index is 14.6. The zero-order chi connectivity index (χ0) is 22.3. The zero-order valence-corrected chi connectivity index (χ0v) is 19.9. The van der Waals surface area contributed by atoms with Gasteiger partial charge in [0.1, 0.15) is 5.78 Å². The Morgan fingerprint density at radius 1 is 0.968 bits per heavy atom. The van der Waals surface area contributed by atoms with Crippen LogP contribution in [-0.4, -0.2) is 20.7 Å². The Morgan fingerprint density at radius 2 is 1.61 bits per heavy atom. The Kier molecular flexibility index (Phi) is 8.20. The Hall–Kier alpha value is -2.26. The van der Waals surface area contributed by atoms with E-state index < -0.39 is 13.2 Å². The molecule has 0 amide bonds. The van der Waals surface area contributed by atoms with Crippen molar-refractivity contribution in [3.05, 3.63) is 89.4 Å². The fraction of sp³-hybridized carbons (Fsp3) is 0.280. The molecule has 0 spiro atoms. The standard InChI is InChI=1S/C25H30ClN2O2P/c1-4-5-19-30-31(29,24-17-15-23(16-18-24)28(2)3)25(20-11-13-21(26)14-12-20)27-22-9-7-6-8-10-22/h6-18,25,27H,4-5,19H2,1-3H3. The summed E-state index contributed by atoms with van der Waals surface area (Å²) < 4.78 is 20.9. The Labute approximate surface area is 190 Å². The summed E-state index contributed by atoms with van der Waals surface area (Å²) >= 11 is 6.13. The van der Waals surface area contributed by atoms with Crippen molar-refractivity contribution in [3.8, 4) is 0 Å². The molecular weight excluding hydrogens is 427 g/mol. The van der Waals surface area contributed by atoms with E-state index in [-0.39, 0.29) is 0 Å². The normalized spacial score (nSPS) is 13.9. The highest BCUT2D eigenvalue weighted by molar-refractivity contribution is 7.67. The molecule has 0 aliphatic heterocycles. The van der Waals surface area contributed by atoms with Gasteiger partial charge in [-0.05, 0) is 60.5 Å². The maximum atomic E-state index is 14.6. The quantitative estimate of drug-likeness (QED) is 0.265. The van der Waals surface area contributed by atoms with Crippen LogP contribution in [0.1, 0.15) is 31.1 Å². The van der Waals surface area contributed by atoms with Crippen LogP contribution in [0.2, 0.25) is 5.02 Å². The van der Waals surface area contributed by atoms with Gasteiger partial charge in [0, 0.05) is 35.8 Å². The highest BCUT2D eigenvalue weighted by Crippen LogP contribution is 2.59. The number of rotatable bonds is 10. The summed E-state index contributed by atoms with van der Waals surface area (Å²) in [6, 6.07) is 25.0. The molecular formula is C25H30ClN2O2P. The number of nitrogens with one attached hydrogen (secondary N) is 1. The number of nitrogens with zero attached hydrogens (tertiary/aromatic N) is 1. The van der Waals surface area contributed by atoms with Crippen molar-refractivity contribution in [2.75, 3.05) is 30.9 Å². The SMILES string of the molecule is CCCCOP(=O)(c1ccc(N(C)C)cc1)C(Nc1ccccc1)c1ccc(Cl)cc1. The first-order valence-corrected chi connectivity index (χ1v) is 12.6. The molecule has 0 aliphatic rings. The fourth-order valence-electron chi connectivity index (χ4n) is 3.30. The van der Waals surface area contributed by atoms with E-state index in [0.717, 1.165) is 29.8 Å². The van der Waals surface area contributed by atoms with Crippen molar-refractivity contribution >= 4 is 35.6 Å². The molecule has 0 aliphatic carbocycles. The minimum atomic E-state index is -3.34. The lowest BCUT2D eigenvalue weighted by Gasteiger charge is -2.30. The van der Waals surface area contributed by atoms with Crippen LogP contribution >= 0.6 is 19.0 Å². The minimum absolute atomic E-state index is 0.434. The fourth-order valence-corrected chi connectivity index (χ4v) is 5.87. The predicted molar refractivity (Wildman–Crippen MR) is 133 cm³/mol. The number of hydrogen-bond acceptors (Lipinski definition) is 4. The van der Waals surface area contributed by atoms with Gasteiger partial charge in [0.25, 0.3) is 7.37 Å². The monoisotopic (exact) mass is 456 g/mol. The predicted octanol–water partition coefficient (Wildman–Crippen LogP) is 6.94. The summed E-state index contributed by atoms with van der Waals surface area (Å²) in [6.07, 6.45) is 1.82. The third kappa shape index (κ3) is 5.92. The average molecular weight is 457 g/mol. The van der Waals surface area contributed by atoms with Crippen molar-refractivity contribution < 1.29 is 9.09 Å². The molecule has 1 N–H and O–H groups in total. The number of halogens is 1. The molecule has 2 unspecified atom stereocenters. The highest BCUT2D eigenvalue weighted by Gasteiger charge is 2.38. The van der Waals surface area contributed by atoms with Gasteiger partial charge >= 0.3 is 0 Å².